The highest BCUT2D eigenvalue weighted by molar-refractivity contribution is 7.89. The second-order valence-electron chi connectivity index (χ2n) is 3.87. The van der Waals surface area contributed by atoms with E-state index in [1.807, 2.05) is 0 Å². The summed E-state index contributed by atoms with van der Waals surface area (Å²) in [4.78, 5) is 11.0. The van der Waals surface area contributed by atoms with E-state index in [1.165, 1.54) is 16.8 Å². The molecule has 0 bridgehead atoms. The van der Waals surface area contributed by atoms with Crippen LogP contribution in [0, 0.1) is 0 Å². The number of sulfonamides is 1. The van der Waals surface area contributed by atoms with E-state index < -0.39 is 15.9 Å². The van der Waals surface area contributed by atoms with Crippen LogP contribution in [0.1, 0.15) is 17.4 Å². The SMILES string of the molecule is CC(N)CNS(=O)(=O)c1cc(C(N)=O)n(C)c1. The number of carbonyl (C=O) groups excluding carboxylic acids is 1. The summed E-state index contributed by atoms with van der Waals surface area (Å²) in [5, 5.41) is 0. The second-order valence-corrected chi connectivity index (χ2v) is 5.63. The number of hydrogen-bond donors (Lipinski definition) is 3. The number of aromatic nitrogens is 1. The first kappa shape index (κ1) is 13.7. The number of nitrogens with one attached hydrogen (secondary N) is 1. The average Bonchev–Trinajstić information content (AvgIpc) is 2.58. The van der Waals surface area contributed by atoms with Crippen LogP contribution in [-0.2, 0) is 17.1 Å². The van der Waals surface area contributed by atoms with Gasteiger partial charge < -0.3 is 16.0 Å². The maximum atomic E-state index is 11.8. The zero-order valence-electron chi connectivity index (χ0n) is 9.67. The van der Waals surface area contributed by atoms with Crippen LogP contribution in [0.15, 0.2) is 17.2 Å². The molecule has 0 aliphatic heterocycles. The Labute approximate surface area is 99.8 Å². The summed E-state index contributed by atoms with van der Waals surface area (Å²) < 4.78 is 27.3. The fourth-order valence-corrected chi connectivity index (χ4v) is 2.46. The number of aryl methyl sites for hydroxylation is 1. The van der Waals surface area contributed by atoms with Crippen molar-refractivity contribution in [2.45, 2.75) is 17.9 Å². The van der Waals surface area contributed by atoms with Gasteiger partial charge in [0.2, 0.25) is 10.0 Å². The number of hydrogen-bond acceptors (Lipinski definition) is 4. The molecule has 1 unspecified atom stereocenters. The Bertz CT molecular complexity index is 518. The smallest absolute Gasteiger partial charge is 0.265 e. The van der Waals surface area contributed by atoms with Crippen LogP contribution in [0.2, 0.25) is 0 Å². The monoisotopic (exact) mass is 260 g/mol. The molecule has 0 saturated heterocycles. The Hall–Kier alpha value is -1.38. The predicted molar refractivity (Wildman–Crippen MR) is 62.8 cm³/mol. The number of nitrogens with two attached hydrogens (primary N) is 2. The molecule has 96 valence electrons. The highest BCUT2D eigenvalue weighted by Crippen LogP contribution is 2.12. The first-order valence-electron chi connectivity index (χ1n) is 4.95. The molecule has 17 heavy (non-hydrogen) atoms. The minimum Gasteiger partial charge on any atom is -0.364 e. The Kier molecular flexibility index (Phi) is 3.91. The van der Waals surface area contributed by atoms with E-state index in [-0.39, 0.29) is 23.2 Å². The van der Waals surface area contributed by atoms with E-state index in [0.29, 0.717) is 0 Å². The number of rotatable bonds is 5. The summed E-state index contributed by atoms with van der Waals surface area (Å²) in [6, 6.07) is 0.940. The third-order valence-corrected chi connectivity index (χ3v) is 3.53. The molecule has 7 nitrogen and oxygen atoms in total. The number of carbonyl (C=O) groups is 1. The summed E-state index contributed by atoms with van der Waals surface area (Å²) in [6.45, 7) is 1.81. The van der Waals surface area contributed by atoms with E-state index in [9.17, 15) is 13.2 Å². The molecule has 0 aromatic carbocycles. The zero-order chi connectivity index (χ0) is 13.2. The summed E-state index contributed by atoms with van der Waals surface area (Å²) >= 11 is 0. The lowest BCUT2D eigenvalue weighted by molar-refractivity contribution is 0.0992. The maximum absolute atomic E-state index is 11.8. The molecule has 0 aliphatic rings. The second kappa shape index (κ2) is 4.86. The van der Waals surface area contributed by atoms with Crippen molar-refractivity contribution in [1.29, 1.82) is 0 Å². The van der Waals surface area contributed by atoms with Gasteiger partial charge in [-0.3, -0.25) is 4.79 Å². The molecule has 1 amide bonds. The highest BCUT2D eigenvalue weighted by Gasteiger charge is 2.19. The summed E-state index contributed by atoms with van der Waals surface area (Å²) in [6.07, 6.45) is 1.32. The molecule has 1 heterocycles. The highest BCUT2D eigenvalue weighted by atomic mass is 32.2. The Morgan fingerprint density at radius 3 is 2.59 bits per heavy atom. The third kappa shape index (κ3) is 3.29. The molecule has 5 N–H and O–H groups in total. The molecular weight excluding hydrogens is 244 g/mol. The van der Waals surface area contributed by atoms with Gasteiger partial charge in [0.25, 0.3) is 5.91 Å². The van der Waals surface area contributed by atoms with Crippen molar-refractivity contribution < 1.29 is 13.2 Å². The number of amides is 1. The van der Waals surface area contributed by atoms with Crippen molar-refractivity contribution in [2.75, 3.05) is 6.54 Å². The van der Waals surface area contributed by atoms with Gasteiger partial charge in [-0.05, 0) is 13.0 Å². The van der Waals surface area contributed by atoms with Gasteiger partial charge in [-0.1, -0.05) is 0 Å². The topological polar surface area (TPSA) is 120 Å². The fourth-order valence-electron chi connectivity index (χ4n) is 1.25. The Morgan fingerprint density at radius 1 is 1.59 bits per heavy atom. The van der Waals surface area contributed by atoms with Crippen molar-refractivity contribution >= 4 is 15.9 Å². The molecule has 0 fully saturated rings. The molecular formula is C9H16N4O3S. The van der Waals surface area contributed by atoms with E-state index in [4.69, 9.17) is 11.5 Å². The van der Waals surface area contributed by atoms with Crippen LogP contribution in [0.3, 0.4) is 0 Å². The molecule has 0 saturated carbocycles. The molecule has 8 heteroatoms. The van der Waals surface area contributed by atoms with Gasteiger partial charge in [-0.2, -0.15) is 0 Å². The van der Waals surface area contributed by atoms with Crippen LogP contribution in [0.25, 0.3) is 0 Å². The van der Waals surface area contributed by atoms with Gasteiger partial charge in [-0.25, -0.2) is 13.1 Å². The normalized spacial score (nSPS) is 13.6. The standard InChI is InChI=1S/C9H16N4O3S/c1-6(10)4-12-17(15,16)7-3-8(9(11)14)13(2)5-7/h3,5-6,12H,4,10H2,1-2H3,(H2,11,14). The number of primary amides is 1. The minimum absolute atomic E-state index is 0.00514. The quantitative estimate of drug-likeness (QED) is 0.612. The lowest BCUT2D eigenvalue weighted by atomic mass is 10.4. The molecule has 1 aromatic heterocycles. The molecule has 0 aliphatic carbocycles. The van der Waals surface area contributed by atoms with E-state index in [0.717, 1.165) is 0 Å². The van der Waals surface area contributed by atoms with Gasteiger partial charge in [0.15, 0.2) is 0 Å². The van der Waals surface area contributed by atoms with Crippen LogP contribution in [-0.4, -0.2) is 31.5 Å². The average molecular weight is 260 g/mol. The molecule has 0 radical (unpaired) electrons. The van der Waals surface area contributed by atoms with Crippen molar-refractivity contribution in [1.82, 2.24) is 9.29 Å². The van der Waals surface area contributed by atoms with E-state index >= 15 is 0 Å². The van der Waals surface area contributed by atoms with Gasteiger partial charge in [0, 0.05) is 25.8 Å². The van der Waals surface area contributed by atoms with Crippen molar-refractivity contribution in [3.63, 3.8) is 0 Å². The Balaban J connectivity index is 3.00. The molecule has 1 atom stereocenters. The van der Waals surface area contributed by atoms with Gasteiger partial charge in [0.1, 0.15) is 10.6 Å². The van der Waals surface area contributed by atoms with Crippen LogP contribution < -0.4 is 16.2 Å². The first-order valence-corrected chi connectivity index (χ1v) is 6.44. The van der Waals surface area contributed by atoms with E-state index in [2.05, 4.69) is 4.72 Å². The van der Waals surface area contributed by atoms with Gasteiger partial charge in [-0.15, -0.1) is 0 Å². The maximum Gasteiger partial charge on any atom is 0.265 e. The predicted octanol–water partition coefficient (Wildman–Crippen LogP) is -1.25. The molecule has 0 spiro atoms. The lowest BCUT2D eigenvalue weighted by Gasteiger charge is -2.06. The first-order chi connectivity index (χ1) is 7.74. The van der Waals surface area contributed by atoms with E-state index in [1.54, 1.807) is 14.0 Å². The third-order valence-electron chi connectivity index (χ3n) is 2.14. The molecule has 1 aromatic rings. The largest absolute Gasteiger partial charge is 0.364 e. The minimum atomic E-state index is -3.65. The zero-order valence-corrected chi connectivity index (χ0v) is 10.5. The lowest BCUT2D eigenvalue weighted by Crippen LogP contribution is -2.35. The van der Waals surface area contributed by atoms with Gasteiger partial charge >= 0.3 is 0 Å². The fraction of sp³-hybridized carbons (Fsp3) is 0.444. The van der Waals surface area contributed by atoms with Crippen molar-refractivity contribution in [2.24, 2.45) is 18.5 Å². The van der Waals surface area contributed by atoms with Crippen molar-refractivity contribution in [3.8, 4) is 0 Å². The molecule has 1 rings (SSSR count). The number of nitrogens with zero attached hydrogens (tertiary/aromatic N) is 1. The summed E-state index contributed by atoms with van der Waals surface area (Å²) in [7, 11) is -2.10. The van der Waals surface area contributed by atoms with Crippen LogP contribution >= 0.6 is 0 Å². The van der Waals surface area contributed by atoms with Crippen LogP contribution in [0.5, 0.6) is 0 Å². The van der Waals surface area contributed by atoms with Gasteiger partial charge in [0.05, 0.1) is 0 Å². The van der Waals surface area contributed by atoms with Crippen LogP contribution in [0.4, 0.5) is 0 Å². The van der Waals surface area contributed by atoms with Crippen molar-refractivity contribution in [3.05, 3.63) is 18.0 Å². The summed E-state index contributed by atoms with van der Waals surface area (Å²) in [5.74, 6) is -0.679. The summed E-state index contributed by atoms with van der Waals surface area (Å²) in [5.41, 5.74) is 10.7. The Morgan fingerprint density at radius 2 is 2.18 bits per heavy atom.